The lowest BCUT2D eigenvalue weighted by molar-refractivity contribution is -0.130. The lowest BCUT2D eigenvalue weighted by Crippen LogP contribution is -2.46. The van der Waals surface area contributed by atoms with Gasteiger partial charge in [-0.1, -0.05) is 6.92 Å². The highest BCUT2D eigenvalue weighted by atomic mass is 32.2. The molecular weight excluding hydrogens is 336 g/mol. The molecule has 2 saturated heterocycles. The number of nitrogens with one attached hydrogen (secondary N) is 1. The van der Waals surface area contributed by atoms with Crippen molar-refractivity contribution < 1.29 is 9.59 Å². The summed E-state index contributed by atoms with van der Waals surface area (Å²) in [6, 6.07) is 6.05. The van der Waals surface area contributed by atoms with E-state index in [9.17, 15) is 9.59 Å². The molecule has 2 aliphatic heterocycles. The molecule has 7 heteroatoms. The molecule has 0 atom stereocenters. The second kappa shape index (κ2) is 8.10. The molecule has 0 unspecified atom stereocenters. The van der Waals surface area contributed by atoms with Gasteiger partial charge in [-0.05, 0) is 37.2 Å². The Morgan fingerprint density at radius 2 is 2.00 bits per heavy atom. The van der Waals surface area contributed by atoms with E-state index in [-0.39, 0.29) is 18.4 Å². The number of amides is 2. The van der Waals surface area contributed by atoms with Crippen molar-refractivity contribution in [1.82, 2.24) is 9.80 Å². The lowest BCUT2D eigenvalue weighted by Gasteiger charge is -2.36. The molecule has 25 heavy (non-hydrogen) atoms. The van der Waals surface area contributed by atoms with E-state index in [1.807, 2.05) is 12.1 Å². The number of hydrogen-bond donors (Lipinski definition) is 1. The van der Waals surface area contributed by atoms with E-state index >= 15 is 0 Å². The third kappa shape index (κ3) is 4.46. The van der Waals surface area contributed by atoms with Crippen LogP contribution in [0.1, 0.15) is 12.5 Å². The molecule has 2 aliphatic rings. The summed E-state index contributed by atoms with van der Waals surface area (Å²) in [7, 11) is 0. The van der Waals surface area contributed by atoms with Gasteiger partial charge in [-0.15, -0.1) is 11.8 Å². The summed E-state index contributed by atoms with van der Waals surface area (Å²) in [5.74, 6) is 0.984. The predicted octanol–water partition coefficient (Wildman–Crippen LogP) is 1.61. The Balaban J connectivity index is 1.58. The zero-order valence-electron chi connectivity index (χ0n) is 15.0. The average molecular weight is 362 g/mol. The normalized spacial score (nSPS) is 18.7. The van der Waals surface area contributed by atoms with Crippen LogP contribution >= 0.6 is 11.8 Å². The molecule has 2 heterocycles. The van der Waals surface area contributed by atoms with Gasteiger partial charge in [-0.25, -0.2) is 0 Å². The van der Waals surface area contributed by atoms with Crippen molar-refractivity contribution in [3.63, 3.8) is 0 Å². The second-order valence-electron chi connectivity index (χ2n) is 6.54. The van der Waals surface area contributed by atoms with Crippen molar-refractivity contribution in [2.24, 2.45) is 0 Å². The fourth-order valence-electron chi connectivity index (χ4n) is 3.31. The Hall–Kier alpha value is -1.73. The molecule has 3 rings (SSSR count). The maximum atomic E-state index is 12.2. The molecule has 136 valence electrons. The largest absolute Gasteiger partial charge is 0.369 e. The average Bonchev–Trinajstić information content (AvgIpc) is 3.00. The van der Waals surface area contributed by atoms with Crippen LogP contribution in [0.4, 0.5) is 11.4 Å². The summed E-state index contributed by atoms with van der Waals surface area (Å²) < 4.78 is 0. The monoisotopic (exact) mass is 362 g/mol. The molecule has 0 aromatic heterocycles. The number of rotatable bonds is 5. The number of carbonyl (C=O) groups is 2. The van der Waals surface area contributed by atoms with Crippen molar-refractivity contribution in [3.05, 3.63) is 23.8 Å². The maximum absolute atomic E-state index is 12.2. The number of hydrogen-bond acceptors (Lipinski definition) is 5. The summed E-state index contributed by atoms with van der Waals surface area (Å²) in [6.07, 6.45) is 0. The highest BCUT2D eigenvalue weighted by Crippen LogP contribution is 2.25. The Morgan fingerprint density at radius 1 is 1.24 bits per heavy atom. The predicted molar refractivity (Wildman–Crippen MR) is 103 cm³/mol. The fraction of sp³-hybridized carbons (Fsp3) is 0.556. The van der Waals surface area contributed by atoms with Crippen LogP contribution in [0.2, 0.25) is 0 Å². The van der Waals surface area contributed by atoms with Gasteiger partial charge >= 0.3 is 0 Å². The first-order valence-corrected chi connectivity index (χ1v) is 9.95. The number of thioether (sulfide) groups is 1. The molecule has 6 nitrogen and oxygen atoms in total. The minimum absolute atomic E-state index is 0.0397. The first-order valence-electron chi connectivity index (χ1n) is 8.80. The van der Waals surface area contributed by atoms with Crippen molar-refractivity contribution >= 4 is 35.0 Å². The van der Waals surface area contributed by atoms with E-state index in [1.165, 1.54) is 5.69 Å². The Morgan fingerprint density at radius 3 is 2.60 bits per heavy atom. The summed E-state index contributed by atoms with van der Waals surface area (Å²) in [6.45, 7) is 9.78. The maximum Gasteiger partial charge on any atom is 0.244 e. The minimum Gasteiger partial charge on any atom is -0.369 e. The third-order valence-corrected chi connectivity index (χ3v) is 5.75. The molecular formula is C18H26N4O2S. The van der Waals surface area contributed by atoms with Gasteiger partial charge in [0.2, 0.25) is 11.8 Å². The first-order chi connectivity index (χ1) is 12.1. The lowest BCUT2D eigenvalue weighted by atomic mass is 10.1. The van der Waals surface area contributed by atoms with E-state index in [0.29, 0.717) is 11.6 Å². The SMILES string of the molecule is CCN1CCN(c2ccc(NC(=O)CN3CSCC3=O)cc2C)CC1. The van der Waals surface area contributed by atoms with Crippen LogP contribution in [-0.4, -0.2) is 72.5 Å². The molecule has 0 saturated carbocycles. The molecule has 1 aromatic carbocycles. The van der Waals surface area contributed by atoms with Crippen molar-refractivity contribution in [3.8, 4) is 0 Å². The standard InChI is InChI=1S/C18H26N4O2S/c1-3-20-6-8-21(9-7-20)16-5-4-15(10-14(16)2)19-17(23)11-22-13-25-12-18(22)24/h4-5,10H,3,6-9,11-13H2,1-2H3,(H,19,23). The van der Waals surface area contributed by atoms with Gasteiger partial charge in [0.15, 0.2) is 0 Å². The number of benzene rings is 1. The van der Waals surface area contributed by atoms with Crippen LogP contribution in [0, 0.1) is 6.92 Å². The number of carbonyl (C=O) groups excluding carboxylic acids is 2. The number of anilines is 2. The first kappa shape index (κ1) is 18.1. The zero-order valence-corrected chi connectivity index (χ0v) is 15.8. The van der Waals surface area contributed by atoms with Crippen molar-refractivity contribution in [1.29, 1.82) is 0 Å². The zero-order chi connectivity index (χ0) is 17.8. The number of likely N-dealkylation sites (N-methyl/N-ethyl adjacent to an activating group) is 1. The van der Waals surface area contributed by atoms with E-state index in [4.69, 9.17) is 0 Å². The van der Waals surface area contributed by atoms with Gasteiger partial charge in [0.25, 0.3) is 0 Å². The van der Waals surface area contributed by atoms with Crippen LogP contribution in [0.25, 0.3) is 0 Å². The molecule has 0 aliphatic carbocycles. The molecule has 2 fully saturated rings. The van der Waals surface area contributed by atoms with Crippen LogP contribution < -0.4 is 10.2 Å². The smallest absolute Gasteiger partial charge is 0.244 e. The van der Waals surface area contributed by atoms with Crippen molar-refractivity contribution in [2.75, 3.05) is 61.1 Å². The Labute approximate surface area is 153 Å². The summed E-state index contributed by atoms with van der Waals surface area (Å²) >= 11 is 1.55. The molecule has 0 radical (unpaired) electrons. The van der Waals surface area contributed by atoms with Crippen molar-refractivity contribution in [2.45, 2.75) is 13.8 Å². The molecule has 0 bridgehead atoms. The van der Waals surface area contributed by atoms with Crippen LogP contribution in [-0.2, 0) is 9.59 Å². The van der Waals surface area contributed by atoms with Gasteiger partial charge in [0, 0.05) is 37.6 Å². The second-order valence-corrected chi connectivity index (χ2v) is 7.50. The minimum atomic E-state index is -0.139. The summed E-state index contributed by atoms with van der Waals surface area (Å²) in [5, 5.41) is 2.91. The van der Waals surface area contributed by atoms with E-state index < -0.39 is 0 Å². The van der Waals surface area contributed by atoms with Gasteiger partial charge in [-0.3, -0.25) is 9.59 Å². The quantitative estimate of drug-likeness (QED) is 0.862. The van der Waals surface area contributed by atoms with Crippen LogP contribution in [0.3, 0.4) is 0 Å². The summed E-state index contributed by atoms with van der Waals surface area (Å²) in [5.41, 5.74) is 3.19. The molecule has 0 spiro atoms. The van der Waals surface area contributed by atoms with Gasteiger partial charge in [0.1, 0.15) is 6.54 Å². The number of aryl methyl sites for hydroxylation is 1. The summed E-state index contributed by atoms with van der Waals surface area (Å²) in [4.78, 5) is 30.2. The number of piperazine rings is 1. The van der Waals surface area contributed by atoms with Crippen LogP contribution in [0.15, 0.2) is 18.2 Å². The Bertz CT molecular complexity index is 644. The highest BCUT2D eigenvalue weighted by Gasteiger charge is 2.23. The molecule has 1 aromatic rings. The van der Waals surface area contributed by atoms with Gasteiger partial charge < -0.3 is 20.0 Å². The fourth-order valence-corrected chi connectivity index (χ4v) is 4.21. The topological polar surface area (TPSA) is 55.9 Å². The Kier molecular flexibility index (Phi) is 5.86. The van der Waals surface area contributed by atoms with E-state index in [2.05, 4.69) is 35.0 Å². The molecule has 1 N–H and O–H groups in total. The molecule has 2 amide bonds. The van der Waals surface area contributed by atoms with Gasteiger partial charge in [0.05, 0.1) is 11.6 Å². The third-order valence-electron chi connectivity index (χ3n) is 4.80. The highest BCUT2D eigenvalue weighted by molar-refractivity contribution is 8.00. The van der Waals surface area contributed by atoms with Gasteiger partial charge in [-0.2, -0.15) is 0 Å². The van der Waals surface area contributed by atoms with E-state index in [1.54, 1.807) is 16.7 Å². The van der Waals surface area contributed by atoms with E-state index in [0.717, 1.165) is 44.0 Å². The number of nitrogens with zero attached hydrogens (tertiary/aromatic N) is 3. The van der Waals surface area contributed by atoms with Crippen LogP contribution in [0.5, 0.6) is 0 Å².